The number of primary amides is 1. The minimum atomic E-state index is -4.44. The number of rotatable bonds is 4. The molecule has 1 fully saturated rings. The van der Waals surface area contributed by atoms with Crippen LogP contribution in [-0.2, 0) is 19.1 Å². The predicted octanol–water partition coefficient (Wildman–Crippen LogP) is 5.30. The molecule has 4 aromatic rings. The molecule has 0 aliphatic heterocycles. The van der Waals surface area contributed by atoms with Crippen LogP contribution in [0.3, 0.4) is 0 Å². The maximum atomic E-state index is 13.8. The molecule has 5 nitrogen and oxygen atoms in total. The van der Waals surface area contributed by atoms with Crippen LogP contribution in [0.25, 0.3) is 22.6 Å². The van der Waals surface area contributed by atoms with E-state index in [-0.39, 0.29) is 23.6 Å². The molecule has 37 heavy (non-hydrogen) atoms. The largest absolute Gasteiger partial charge is 0.416 e. The van der Waals surface area contributed by atoms with E-state index < -0.39 is 17.6 Å². The van der Waals surface area contributed by atoms with Crippen LogP contribution in [0, 0.1) is 11.8 Å². The SMILES string of the molecule is NC(=O)c1ccc2c(=O)n(Cc3ccc(C(F)(F)F)cc3)c(C3=Cc4ccccc4CC4CC34)nc2c1. The maximum Gasteiger partial charge on any atom is 0.416 e. The molecule has 2 N–H and O–H groups in total. The number of benzene rings is 3. The van der Waals surface area contributed by atoms with Gasteiger partial charge in [-0.25, -0.2) is 4.98 Å². The lowest BCUT2D eigenvalue weighted by Gasteiger charge is -2.17. The van der Waals surface area contributed by atoms with Crippen LogP contribution < -0.4 is 11.3 Å². The van der Waals surface area contributed by atoms with E-state index in [1.54, 1.807) is 0 Å². The average Bonchev–Trinajstić information content (AvgIpc) is 3.64. The highest BCUT2D eigenvalue weighted by molar-refractivity contribution is 5.97. The Morgan fingerprint density at radius 1 is 1.05 bits per heavy atom. The number of fused-ring (bicyclic) bond motifs is 3. The highest BCUT2D eigenvalue weighted by atomic mass is 19.4. The first-order chi connectivity index (χ1) is 17.7. The van der Waals surface area contributed by atoms with Crippen molar-refractivity contribution in [2.45, 2.75) is 25.6 Å². The van der Waals surface area contributed by atoms with Gasteiger partial charge < -0.3 is 5.73 Å². The summed E-state index contributed by atoms with van der Waals surface area (Å²) in [6.45, 7) is 0.0587. The third kappa shape index (κ3) is 4.22. The fraction of sp³-hybridized carbons (Fsp3) is 0.207. The first-order valence-corrected chi connectivity index (χ1v) is 12.0. The summed E-state index contributed by atoms with van der Waals surface area (Å²) in [6.07, 6.45) is -0.469. The van der Waals surface area contributed by atoms with E-state index >= 15 is 0 Å². The molecule has 1 saturated carbocycles. The van der Waals surface area contributed by atoms with Crippen molar-refractivity contribution in [1.82, 2.24) is 9.55 Å². The quantitative estimate of drug-likeness (QED) is 0.413. The minimum absolute atomic E-state index is 0.0587. The van der Waals surface area contributed by atoms with Gasteiger partial charge in [-0.2, -0.15) is 13.2 Å². The number of nitrogens with two attached hydrogens (primary N) is 1. The second-order valence-corrected chi connectivity index (χ2v) is 9.72. The lowest BCUT2D eigenvalue weighted by Crippen LogP contribution is -2.26. The molecule has 1 aromatic heterocycles. The third-order valence-corrected chi connectivity index (χ3v) is 7.29. The van der Waals surface area contributed by atoms with Crippen LogP contribution in [-0.4, -0.2) is 15.5 Å². The van der Waals surface area contributed by atoms with E-state index in [4.69, 9.17) is 10.7 Å². The van der Waals surface area contributed by atoms with Crippen LogP contribution in [0.5, 0.6) is 0 Å². The van der Waals surface area contributed by atoms with Gasteiger partial charge in [0.15, 0.2) is 0 Å². The van der Waals surface area contributed by atoms with Crippen molar-refractivity contribution in [2.75, 3.05) is 0 Å². The summed E-state index contributed by atoms with van der Waals surface area (Å²) in [5.41, 5.74) is 8.75. The summed E-state index contributed by atoms with van der Waals surface area (Å²) < 4.78 is 40.8. The van der Waals surface area contributed by atoms with Gasteiger partial charge in [0, 0.05) is 5.56 Å². The van der Waals surface area contributed by atoms with Gasteiger partial charge in [0.05, 0.1) is 23.0 Å². The van der Waals surface area contributed by atoms with Crippen LogP contribution >= 0.6 is 0 Å². The van der Waals surface area contributed by atoms with E-state index in [0.29, 0.717) is 28.2 Å². The first-order valence-electron chi connectivity index (χ1n) is 12.0. The number of aromatic nitrogens is 2. The second kappa shape index (κ2) is 8.44. The lowest BCUT2D eigenvalue weighted by atomic mass is 10.0. The fourth-order valence-corrected chi connectivity index (χ4v) is 5.23. The van der Waals surface area contributed by atoms with Gasteiger partial charge in [0.1, 0.15) is 5.82 Å². The first kappa shape index (κ1) is 23.2. The van der Waals surface area contributed by atoms with E-state index in [2.05, 4.69) is 12.1 Å². The summed E-state index contributed by atoms with van der Waals surface area (Å²) in [5, 5.41) is 0.308. The Morgan fingerprint density at radius 3 is 2.54 bits per heavy atom. The Morgan fingerprint density at radius 2 is 1.81 bits per heavy atom. The molecular weight excluding hydrogens is 479 g/mol. The molecule has 8 heteroatoms. The van der Waals surface area contributed by atoms with Crippen LogP contribution in [0.4, 0.5) is 13.2 Å². The van der Waals surface area contributed by atoms with Crippen LogP contribution in [0.1, 0.15) is 44.9 Å². The number of nitrogens with zero attached hydrogens (tertiary/aromatic N) is 2. The van der Waals surface area contributed by atoms with Gasteiger partial charge >= 0.3 is 6.18 Å². The Hall–Kier alpha value is -4.20. The molecule has 6 rings (SSSR count). The molecule has 0 radical (unpaired) electrons. The zero-order valence-electron chi connectivity index (χ0n) is 19.6. The van der Waals surface area contributed by atoms with E-state index in [9.17, 15) is 22.8 Å². The van der Waals surface area contributed by atoms with Crippen molar-refractivity contribution in [3.8, 4) is 0 Å². The number of allylic oxidation sites excluding steroid dienone is 1. The third-order valence-electron chi connectivity index (χ3n) is 7.29. The molecule has 0 bridgehead atoms. The predicted molar refractivity (Wildman–Crippen MR) is 135 cm³/mol. The normalized spacial score (nSPS) is 18.5. The molecule has 3 aromatic carbocycles. The molecule has 0 saturated heterocycles. The molecule has 186 valence electrons. The number of amides is 1. The zero-order valence-corrected chi connectivity index (χ0v) is 19.6. The van der Waals surface area contributed by atoms with Crippen LogP contribution in [0.2, 0.25) is 0 Å². The molecule has 1 heterocycles. The number of carbonyl (C=O) groups is 1. The summed E-state index contributed by atoms with van der Waals surface area (Å²) in [7, 11) is 0. The number of hydrogen-bond donors (Lipinski definition) is 1. The Bertz CT molecular complexity index is 1650. The van der Waals surface area contributed by atoms with Gasteiger partial charge in [-0.15, -0.1) is 0 Å². The maximum absolute atomic E-state index is 13.8. The van der Waals surface area contributed by atoms with Crippen LogP contribution in [0.15, 0.2) is 71.5 Å². The average molecular weight is 502 g/mol. The van der Waals surface area contributed by atoms with Gasteiger partial charge in [0.25, 0.3) is 5.56 Å². The van der Waals surface area contributed by atoms with E-state index in [0.717, 1.165) is 36.1 Å². The number of alkyl halides is 3. The fourth-order valence-electron chi connectivity index (χ4n) is 5.23. The van der Waals surface area contributed by atoms with E-state index in [1.165, 1.54) is 40.5 Å². The van der Waals surface area contributed by atoms with Crippen molar-refractivity contribution in [1.29, 1.82) is 0 Å². The molecule has 1 amide bonds. The van der Waals surface area contributed by atoms with Crippen molar-refractivity contribution >= 4 is 28.5 Å². The number of carbonyl (C=O) groups excluding carboxylic acids is 1. The van der Waals surface area contributed by atoms with Crippen molar-refractivity contribution in [3.63, 3.8) is 0 Å². The van der Waals surface area contributed by atoms with Gasteiger partial charge in [-0.05, 0) is 83.3 Å². The summed E-state index contributed by atoms with van der Waals surface area (Å²) in [6, 6.07) is 17.4. The highest BCUT2D eigenvalue weighted by Crippen LogP contribution is 2.52. The summed E-state index contributed by atoms with van der Waals surface area (Å²) >= 11 is 0. The molecule has 2 unspecified atom stereocenters. The standard InChI is InChI=1S/C29H22F3N3O2/c30-29(31,32)21-8-5-16(6-9-21)15-35-27(34-25-14-19(26(33)36)7-10-22(25)28(35)37)24-12-18-4-2-1-3-17(18)11-20-13-23(20)24/h1-10,12,14,20,23H,11,13,15H2,(H2,33,36). The van der Waals surface area contributed by atoms with Gasteiger partial charge in [-0.3, -0.25) is 14.2 Å². The van der Waals surface area contributed by atoms with Gasteiger partial charge in [-0.1, -0.05) is 36.4 Å². The molecular formula is C29H22F3N3O2. The molecule has 2 aliphatic rings. The molecule has 2 aliphatic carbocycles. The lowest BCUT2D eigenvalue weighted by molar-refractivity contribution is -0.137. The van der Waals surface area contributed by atoms with Crippen molar-refractivity contribution in [2.24, 2.45) is 17.6 Å². The molecule has 0 spiro atoms. The topological polar surface area (TPSA) is 78.0 Å². The Labute approximate surface area is 210 Å². The van der Waals surface area contributed by atoms with E-state index in [1.807, 2.05) is 18.2 Å². The Balaban J connectivity index is 1.54. The monoisotopic (exact) mass is 501 g/mol. The highest BCUT2D eigenvalue weighted by Gasteiger charge is 2.43. The summed E-state index contributed by atoms with van der Waals surface area (Å²) in [5.74, 6) is 0.487. The summed E-state index contributed by atoms with van der Waals surface area (Å²) in [4.78, 5) is 30.4. The minimum Gasteiger partial charge on any atom is -0.366 e. The smallest absolute Gasteiger partial charge is 0.366 e. The Kier molecular flexibility index (Phi) is 5.29. The van der Waals surface area contributed by atoms with Gasteiger partial charge in [0.2, 0.25) is 5.91 Å². The number of halogens is 3. The second-order valence-electron chi connectivity index (χ2n) is 9.72. The zero-order chi connectivity index (χ0) is 25.9. The molecule has 2 atom stereocenters. The number of hydrogen-bond acceptors (Lipinski definition) is 3. The van der Waals surface area contributed by atoms with Crippen molar-refractivity contribution < 1.29 is 18.0 Å². The van der Waals surface area contributed by atoms with Crippen molar-refractivity contribution in [3.05, 3.63) is 111 Å².